The molecule has 3 aromatic rings. The van der Waals surface area contributed by atoms with Gasteiger partial charge in [0.25, 0.3) is 0 Å². The zero-order valence-electron chi connectivity index (χ0n) is 9.35. The lowest BCUT2D eigenvalue weighted by Gasteiger charge is -1.93. The minimum atomic E-state index is 0.692. The Bertz CT molecular complexity index is 670. The number of nitrogens with zero attached hydrogens (tertiary/aromatic N) is 1. The van der Waals surface area contributed by atoms with Crippen LogP contribution in [0.2, 0.25) is 5.02 Å². The Morgan fingerprint density at radius 1 is 1.06 bits per heavy atom. The van der Waals surface area contributed by atoms with Crippen LogP contribution in [0.1, 0.15) is 0 Å². The smallest absolute Gasteiger partial charge is 0.169 e. The van der Waals surface area contributed by atoms with Crippen LogP contribution in [0.5, 0.6) is 0 Å². The maximum atomic E-state index is 5.93. The summed E-state index contributed by atoms with van der Waals surface area (Å²) in [4.78, 5) is 0. The van der Waals surface area contributed by atoms with Crippen molar-refractivity contribution in [1.82, 2.24) is 0 Å². The fraction of sp³-hybridized carbons (Fsp3) is 0.0714. The molecule has 0 radical (unpaired) electrons. The third-order valence-corrected chi connectivity index (χ3v) is 2.98. The molecule has 1 aromatic carbocycles. The van der Waals surface area contributed by atoms with Crippen LogP contribution in [0.3, 0.4) is 0 Å². The molecule has 3 heteroatoms. The number of rotatable bonds is 1. The average molecular weight is 245 g/mol. The fourth-order valence-corrected chi connectivity index (χ4v) is 1.97. The van der Waals surface area contributed by atoms with Crippen molar-refractivity contribution < 1.29 is 8.98 Å². The Morgan fingerprint density at radius 3 is 2.59 bits per heavy atom. The van der Waals surface area contributed by atoms with Gasteiger partial charge in [-0.2, -0.15) is 0 Å². The number of halogens is 1. The molecular formula is C14H11ClNO+. The maximum absolute atomic E-state index is 5.93. The number of hydrogen-bond acceptors (Lipinski definition) is 1. The molecule has 0 aliphatic heterocycles. The van der Waals surface area contributed by atoms with Crippen LogP contribution < -0.4 is 4.57 Å². The van der Waals surface area contributed by atoms with Crippen LogP contribution in [0.15, 0.2) is 53.2 Å². The molecule has 0 saturated carbocycles. The van der Waals surface area contributed by atoms with Gasteiger partial charge in [-0.1, -0.05) is 11.6 Å². The van der Waals surface area contributed by atoms with Crippen LogP contribution >= 0.6 is 11.6 Å². The summed E-state index contributed by atoms with van der Waals surface area (Å²) in [6.07, 6.45) is 3.99. The van der Waals surface area contributed by atoms with E-state index in [0.29, 0.717) is 5.02 Å². The number of pyridine rings is 1. The molecule has 17 heavy (non-hydrogen) atoms. The highest BCUT2D eigenvalue weighted by Gasteiger charge is 2.07. The van der Waals surface area contributed by atoms with E-state index in [9.17, 15) is 0 Å². The third-order valence-electron chi connectivity index (χ3n) is 2.75. The van der Waals surface area contributed by atoms with Gasteiger partial charge in [0.05, 0.1) is 0 Å². The lowest BCUT2D eigenvalue weighted by Crippen LogP contribution is -2.25. The number of furan rings is 1. The number of aromatic nitrogens is 1. The SMILES string of the molecule is C[n+]1ccc(-c2cc3ccc(Cl)cc3o2)cc1. The van der Waals surface area contributed by atoms with E-state index in [1.54, 1.807) is 0 Å². The van der Waals surface area contributed by atoms with Crippen LogP contribution in [0, 0.1) is 0 Å². The first-order valence-electron chi connectivity index (χ1n) is 5.37. The second kappa shape index (κ2) is 3.90. The molecule has 2 aromatic heterocycles. The van der Waals surface area contributed by atoms with Gasteiger partial charge >= 0.3 is 0 Å². The first-order valence-corrected chi connectivity index (χ1v) is 5.75. The fourth-order valence-electron chi connectivity index (χ4n) is 1.81. The predicted molar refractivity (Wildman–Crippen MR) is 67.8 cm³/mol. The maximum Gasteiger partial charge on any atom is 0.169 e. The molecule has 2 nitrogen and oxygen atoms in total. The molecule has 0 N–H and O–H groups in total. The molecule has 0 saturated heterocycles. The van der Waals surface area contributed by atoms with Gasteiger partial charge in [0, 0.05) is 34.2 Å². The van der Waals surface area contributed by atoms with Crippen molar-refractivity contribution in [2.75, 3.05) is 0 Å². The highest BCUT2D eigenvalue weighted by molar-refractivity contribution is 6.31. The number of benzene rings is 1. The standard InChI is InChI=1S/C14H11ClNO/c1-16-6-4-10(5-7-16)13-8-11-2-3-12(15)9-14(11)17-13/h2-9H,1H3/q+1. The summed E-state index contributed by atoms with van der Waals surface area (Å²) in [5.74, 6) is 0.864. The van der Waals surface area contributed by atoms with E-state index in [-0.39, 0.29) is 0 Å². The Morgan fingerprint density at radius 2 is 1.82 bits per heavy atom. The third kappa shape index (κ3) is 1.92. The second-order valence-corrected chi connectivity index (χ2v) is 4.48. The normalized spacial score (nSPS) is 10.9. The second-order valence-electron chi connectivity index (χ2n) is 4.05. The summed E-state index contributed by atoms with van der Waals surface area (Å²) in [7, 11) is 1.99. The molecule has 0 fully saturated rings. The first-order chi connectivity index (χ1) is 8.22. The summed E-state index contributed by atoms with van der Waals surface area (Å²) in [6.45, 7) is 0. The average Bonchev–Trinajstić information content (AvgIpc) is 2.72. The Hall–Kier alpha value is -1.80. The molecule has 0 amide bonds. The van der Waals surface area contributed by atoms with Crippen molar-refractivity contribution in [1.29, 1.82) is 0 Å². The van der Waals surface area contributed by atoms with Crippen molar-refractivity contribution in [3.05, 3.63) is 53.8 Å². The topological polar surface area (TPSA) is 17.0 Å². The van der Waals surface area contributed by atoms with Crippen LogP contribution in [0.4, 0.5) is 0 Å². The van der Waals surface area contributed by atoms with E-state index in [0.717, 1.165) is 22.3 Å². The lowest BCUT2D eigenvalue weighted by molar-refractivity contribution is -0.671. The molecule has 84 valence electrons. The van der Waals surface area contributed by atoms with Gasteiger partial charge in [-0.15, -0.1) is 0 Å². The molecule has 3 rings (SSSR count). The molecule has 0 bridgehead atoms. The van der Waals surface area contributed by atoms with Crippen molar-refractivity contribution in [3.63, 3.8) is 0 Å². The summed E-state index contributed by atoms with van der Waals surface area (Å²) < 4.78 is 7.77. The minimum absolute atomic E-state index is 0.692. The summed E-state index contributed by atoms with van der Waals surface area (Å²) in [6, 6.07) is 11.8. The van der Waals surface area contributed by atoms with E-state index in [2.05, 4.69) is 0 Å². The quantitative estimate of drug-likeness (QED) is 0.598. The zero-order chi connectivity index (χ0) is 11.8. The van der Waals surface area contributed by atoms with E-state index >= 15 is 0 Å². The van der Waals surface area contributed by atoms with Gasteiger partial charge in [-0.05, 0) is 18.2 Å². The Balaban J connectivity index is 2.14. The number of aryl methyl sites for hydroxylation is 1. The van der Waals surface area contributed by atoms with Crippen molar-refractivity contribution >= 4 is 22.6 Å². The summed E-state index contributed by atoms with van der Waals surface area (Å²) >= 11 is 5.93. The zero-order valence-corrected chi connectivity index (χ0v) is 10.1. The summed E-state index contributed by atoms with van der Waals surface area (Å²) in [5.41, 5.74) is 1.89. The van der Waals surface area contributed by atoms with E-state index < -0.39 is 0 Å². The molecule has 0 unspecified atom stereocenters. The van der Waals surface area contributed by atoms with Gasteiger partial charge in [0.1, 0.15) is 18.4 Å². The van der Waals surface area contributed by atoms with E-state index in [4.69, 9.17) is 16.0 Å². The monoisotopic (exact) mass is 244 g/mol. The van der Waals surface area contributed by atoms with Crippen molar-refractivity contribution in [2.24, 2.45) is 7.05 Å². The van der Waals surface area contributed by atoms with Gasteiger partial charge in [-0.25, -0.2) is 4.57 Å². The largest absolute Gasteiger partial charge is 0.456 e. The van der Waals surface area contributed by atoms with Gasteiger partial charge in [0.15, 0.2) is 12.4 Å². The molecule has 0 spiro atoms. The Kier molecular flexibility index (Phi) is 2.37. The van der Waals surface area contributed by atoms with Crippen LogP contribution in [-0.4, -0.2) is 0 Å². The molecule has 2 heterocycles. The molecule has 0 atom stereocenters. The van der Waals surface area contributed by atoms with E-state index in [1.165, 1.54) is 0 Å². The lowest BCUT2D eigenvalue weighted by atomic mass is 10.2. The molecule has 0 aliphatic carbocycles. The van der Waals surface area contributed by atoms with Crippen molar-refractivity contribution in [2.45, 2.75) is 0 Å². The van der Waals surface area contributed by atoms with Gasteiger partial charge in [-0.3, -0.25) is 0 Å². The number of fused-ring (bicyclic) bond motifs is 1. The molecule has 0 aliphatic rings. The Labute approximate surface area is 104 Å². The first kappa shape index (κ1) is 10.4. The van der Waals surface area contributed by atoms with Gasteiger partial charge < -0.3 is 4.42 Å². The minimum Gasteiger partial charge on any atom is -0.456 e. The summed E-state index contributed by atoms with van der Waals surface area (Å²) in [5, 5.41) is 1.76. The van der Waals surface area contributed by atoms with Gasteiger partial charge in [0.2, 0.25) is 0 Å². The predicted octanol–water partition coefficient (Wildman–Crippen LogP) is 3.58. The molecular weight excluding hydrogens is 234 g/mol. The highest BCUT2D eigenvalue weighted by atomic mass is 35.5. The van der Waals surface area contributed by atoms with Crippen LogP contribution in [0.25, 0.3) is 22.3 Å². The van der Waals surface area contributed by atoms with Crippen molar-refractivity contribution in [3.8, 4) is 11.3 Å². The highest BCUT2D eigenvalue weighted by Crippen LogP contribution is 2.28. The van der Waals surface area contributed by atoms with E-state index in [1.807, 2.05) is 60.4 Å². The number of hydrogen-bond donors (Lipinski definition) is 0. The van der Waals surface area contributed by atoms with Crippen LogP contribution in [-0.2, 0) is 7.05 Å².